The van der Waals surface area contributed by atoms with Gasteiger partial charge in [-0.2, -0.15) is 4.98 Å². The van der Waals surface area contributed by atoms with Crippen molar-refractivity contribution < 1.29 is 14.5 Å². The Labute approximate surface area is 151 Å². The second-order valence-electron chi connectivity index (χ2n) is 6.69. The number of carbonyl (C=O) groups excluding carboxylic acids is 1. The van der Waals surface area contributed by atoms with Crippen LogP contribution in [0.25, 0.3) is 0 Å². The molecule has 9 nitrogen and oxygen atoms in total. The number of nitrogens with zero attached hydrogens (tertiary/aromatic N) is 3. The van der Waals surface area contributed by atoms with Gasteiger partial charge in [-0.25, -0.2) is 4.79 Å². The zero-order valence-electron chi connectivity index (χ0n) is 15.0. The summed E-state index contributed by atoms with van der Waals surface area (Å²) in [7, 11) is 0. The van der Waals surface area contributed by atoms with Crippen molar-refractivity contribution in [3.63, 3.8) is 0 Å². The highest BCUT2D eigenvalue weighted by molar-refractivity contribution is 5.71. The molecule has 0 aliphatic carbocycles. The first kappa shape index (κ1) is 19.1. The van der Waals surface area contributed by atoms with E-state index in [0.717, 1.165) is 5.56 Å². The molecule has 138 valence electrons. The SMILES string of the molecule is CC(Nc1nc(OC(=O)NC(C)(C)C)ccc1[N+](=O)[O-])c1cccnc1. The molecular weight excluding hydrogens is 338 g/mol. The fraction of sp³-hybridized carbons (Fsp3) is 0.353. The minimum atomic E-state index is -0.690. The molecule has 1 amide bonds. The maximum absolute atomic E-state index is 11.9. The fourth-order valence-corrected chi connectivity index (χ4v) is 2.09. The van der Waals surface area contributed by atoms with E-state index in [9.17, 15) is 14.9 Å². The zero-order valence-corrected chi connectivity index (χ0v) is 15.0. The quantitative estimate of drug-likeness (QED) is 0.620. The molecule has 0 saturated heterocycles. The van der Waals surface area contributed by atoms with Crippen molar-refractivity contribution >= 4 is 17.6 Å². The number of hydrogen-bond acceptors (Lipinski definition) is 7. The van der Waals surface area contributed by atoms with Gasteiger partial charge in [-0.15, -0.1) is 0 Å². The van der Waals surface area contributed by atoms with Gasteiger partial charge in [0.05, 0.1) is 11.0 Å². The summed E-state index contributed by atoms with van der Waals surface area (Å²) in [5.74, 6) is -0.0364. The highest BCUT2D eigenvalue weighted by Gasteiger charge is 2.21. The lowest BCUT2D eigenvalue weighted by Crippen LogP contribution is -2.42. The van der Waals surface area contributed by atoms with Crippen LogP contribution in [-0.4, -0.2) is 26.5 Å². The van der Waals surface area contributed by atoms with E-state index in [1.807, 2.05) is 13.0 Å². The maximum Gasteiger partial charge on any atom is 0.414 e. The molecule has 1 unspecified atom stereocenters. The smallest absolute Gasteiger partial charge is 0.391 e. The van der Waals surface area contributed by atoms with Gasteiger partial charge in [-0.1, -0.05) is 6.07 Å². The van der Waals surface area contributed by atoms with Crippen LogP contribution in [-0.2, 0) is 0 Å². The number of hydrogen-bond donors (Lipinski definition) is 2. The Morgan fingerprint density at radius 2 is 2.04 bits per heavy atom. The Kier molecular flexibility index (Phi) is 5.71. The lowest BCUT2D eigenvalue weighted by atomic mass is 10.1. The molecule has 26 heavy (non-hydrogen) atoms. The highest BCUT2D eigenvalue weighted by Crippen LogP contribution is 2.28. The molecular formula is C17H21N5O4. The molecule has 2 N–H and O–H groups in total. The summed E-state index contributed by atoms with van der Waals surface area (Å²) in [6.45, 7) is 7.24. The second-order valence-corrected chi connectivity index (χ2v) is 6.69. The Morgan fingerprint density at radius 3 is 2.62 bits per heavy atom. The van der Waals surface area contributed by atoms with Crippen molar-refractivity contribution in [3.8, 4) is 5.88 Å². The summed E-state index contributed by atoms with van der Waals surface area (Å²) in [6, 6.07) is 5.85. The number of amides is 1. The van der Waals surface area contributed by atoms with E-state index in [2.05, 4.69) is 20.6 Å². The number of nitro groups is 1. The number of anilines is 1. The minimum absolute atomic E-state index is 0.00686. The summed E-state index contributed by atoms with van der Waals surface area (Å²) >= 11 is 0. The number of nitrogens with one attached hydrogen (secondary N) is 2. The molecule has 0 saturated carbocycles. The number of aromatic nitrogens is 2. The molecule has 2 aromatic rings. The van der Waals surface area contributed by atoms with Gasteiger partial charge >= 0.3 is 11.8 Å². The predicted octanol–water partition coefficient (Wildman–Crippen LogP) is 3.44. The van der Waals surface area contributed by atoms with Crippen LogP contribution >= 0.6 is 0 Å². The van der Waals surface area contributed by atoms with Crippen molar-refractivity contribution in [2.75, 3.05) is 5.32 Å². The lowest BCUT2D eigenvalue weighted by molar-refractivity contribution is -0.384. The molecule has 0 spiro atoms. The number of ether oxygens (including phenoxy) is 1. The van der Waals surface area contributed by atoms with Crippen LogP contribution in [0.3, 0.4) is 0 Å². The van der Waals surface area contributed by atoms with Crippen LogP contribution < -0.4 is 15.4 Å². The van der Waals surface area contributed by atoms with Gasteiger partial charge < -0.3 is 15.4 Å². The van der Waals surface area contributed by atoms with Crippen LogP contribution in [0.15, 0.2) is 36.7 Å². The normalized spacial score (nSPS) is 12.2. The molecule has 2 aromatic heterocycles. The first-order valence-electron chi connectivity index (χ1n) is 7.97. The maximum atomic E-state index is 11.9. The van der Waals surface area contributed by atoms with Crippen molar-refractivity contribution in [1.29, 1.82) is 0 Å². The van der Waals surface area contributed by atoms with E-state index in [1.54, 1.807) is 39.2 Å². The number of pyridine rings is 2. The molecule has 0 radical (unpaired) electrons. The lowest BCUT2D eigenvalue weighted by Gasteiger charge is -2.20. The number of rotatable bonds is 5. The second kappa shape index (κ2) is 7.77. The van der Waals surface area contributed by atoms with E-state index in [4.69, 9.17) is 4.74 Å². The monoisotopic (exact) mass is 359 g/mol. The Balaban J connectivity index is 2.23. The molecule has 2 heterocycles. The largest absolute Gasteiger partial charge is 0.414 e. The van der Waals surface area contributed by atoms with Crippen LogP contribution in [0.2, 0.25) is 0 Å². The Bertz CT molecular complexity index is 789. The van der Waals surface area contributed by atoms with Gasteiger partial charge in [-0.05, 0) is 39.3 Å². The average Bonchev–Trinajstić information content (AvgIpc) is 2.53. The van der Waals surface area contributed by atoms with E-state index in [-0.39, 0.29) is 23.4 Å². The van der Waals surface area contributed by atoms with E-state index in [1.165, 1.54) is 12.1 Å². The van der Waals surface area contributed by atoms with Crippen LogP contribution in [0.5, 0.6) is 5.88 Å². The van der Waals surface area contributed by atoms with Crippen LogP contribution in [0, 0.1) is 10.1 Å². The Morgan fingerprint density at radius 1 is 1.31 bits per heavy atom. The van der Waals surface area contributed by atoms with Crippen molar-refractivity contribution in [3.05, 3.63) is 52.3 Å². The molecule has 1 atom stereocenters. The Hall–Kier alpha value is -3.23. The standard InChI is InChI=1S/C17H21N5O4/c1-11(12-6-5-9-18-10-12)19-15-13(22(24)25)7-8-14(20-15)26-16(23)21-17(2,3)4/h5-11H,1-4H3,(H,19,20)(H,21,23). The van der Waals surface area contributed by atoms with E-state index < -0.39 is 16.6 Å². The molecule has 0 fully saturated rings. The van der Waals surface area contributed by atoms with Gasteiger partial charge in [0, 0.05) is 30.1 Å². The van der Waals surface area contributed by atoms with E-state index >= 15 is 0 Å². The van der Waals surface area contributed by atoms with Crippen LogP contribution in [0.1, 0.15) is 39.3 Å². The van der Waals surface area contributed by atoms with Gasteiger partial charge in [0.1, 0.15) is 0 Å². The fourth-order valence-electron chi connectivity index (χ4n) is 2.09. The molecule has 2 rings (SSSR count). The third kappa shape index (κ3) is 5.40. The van der Waals surface area contributed by atoms with Crippen molar-refractivity contribution in [2.24, 2.45) is 0 Å². The molecule has 0 aliphatic heterocycles. The summed E-state index contributed by atoms with van der Waals surface area (Å²) in [5, 5.41) is 16.8. The van der Waals surface area contributed by atoms with Gasteiger partial charge in [0.25, 0.3) is 0 Å². The van der Waals surface area contributed by atoms with E-state index in [0.29, 0.717) is 0 Å². The topological polar surface area (TPSA) is 119 Å². The molecule has 9 heteroatoms. The predicted molar refractivity (Wildman–Crippen MR) is 96.1 cm³/mol. The summed E-state index contributed by atoms with van der Waals surface area (Å²) in [6.07, 6.45) is 2.60. The average molecular weight is 359 g/mol. The number of carbonyl (C=O) groups is 1. The summed E-state index contributed by atoms with van der Waals surface area (Å²) in [4.78, 5) is 30.7. The molecule has 0 bridgehead atoms. The van der Waals surface area contributed by atoms with Gasteiger partial charge in [0.2, 0.25) is 11.7 Å². The van der Waals surface area contributed by atoms with Gasteiger partial charge in [0.15, 0.2) is 0 Å². The molecule has 0 aliphatic rings. The first-order valence-corrected chi connectivity index (χ1v) is 7.97. The minimum Gasteiger partial charge on any atom is -0.391 e. The third-order valence-electron chi connectivity index (χ3n) is 3.26. The van der Waals surface area contributed by atoms with Gasteiger partial charge in [-0.3, -0.25) is 15.1 Å². The van der Waals surface area contributed by atoms with Crippen molar-refractivity contribution in [2.45, 2.75) is 39.3 Å². The zero-order chi connectivity index (χ0) is 19.3. The summed E-state index contributed by atoms with van der Waals surface area (Å²) < 4.78 is 5.12. The molecule has 0 aromatic carbocycles. The highest BCUT2D eigenvalue weighted by atomic mass is 16.6. The van der Waals surface area contributed by atoms with Crippen molar-refractivity contribution in [1.82, 2.24) is 15.3 Å². The first-order chi connectivity index (χ1) is 12.2. The van der Waals surface area contributed by atoms with Crippen LogP contribution in [0.4, 0.5) is 16.3 Å². The third-order valence-corrected chi connectivity index (χ3v) is 3.26. The summed E-state index contributed by atoms with van der Waals surface area (Å²) in [5.41, 5.74) is 0.137.